The number of rotatable bonds is 4. The molecule has 2 heterocycles. The molecule has 5 heteroatoms. The molecular formula is C22H18N2O2S. The maximum absolute atomic E-state index is 13.5. The monoisotopic (exact) mass is 374 g/mol. The first-order valence-corrected chi connectivity index (χ1v) is 9.53. The minimum absolute atomic E-state index is 0.338. The maximum Gasteiger partial charge on any atom is 0.266 e. The summed E-state index contributed by atoms with van der Waals surface area (Å²) in [5, 5.41) is 23.6. The standard InChI is InChI=1S/C22H18N2O2S/c1-21(15-23,19-12-7-13-27-19)22(26)17-10-5-6-11-18(17)24(20(22)25)14-16-8-3-2-4-9-16/h2-13,26H,14H2,1H3/t21-,22+/m0/s1. The summed E-state index contributed by atoms with van der Waals surface area (Å²) < 4.78 is 0. The third kappa shape index (κ3) is 2.42. The summed E-state index contributed by atoms with van der Waals surface area (Å²) in [4.78, 5) is 15.8. The molecule has 1 aliphatic rings. The predicted octanol–water partition coefficient (Wildman–Crippen LogP) is 3.96. The summed E-state index contributed by atoms with van der Waals surface area (Å²) in [5.41, 5.74) is -1.26. The zero-order valence-corrected chi connectivity index (χ0v) is 15.6. The lowest BCUT2D eigenvalue weighted by Gasteiger charge is -2.35. The van der Waals surface area contributed by atoms with Gasteiger partial charge in [0.05, 0.1) is 18.3 Å². The lowest BCUT2D eigenvalue weighted by atomic mass is 9.70. The summed E-state index contributed by atoms with van der Waals surface area (Å²) >= 11 is 1.37. The van der Waals surface area contributed by atoms with Crippen LogP contribution in [0.4, 0.5) is 5.69 Å². The van der Waals surface area contributed by atoms with Gasteiger partial charge in [-0.3, -0.25) is 4.79 Å². The van der Waals surface area contributed by atoms with Crippen LogP contribution in [0.5, 0.6) is 0 Å². The Hall–Kier alpha value is -2.94. The third-order valence-electron chi connectivity index (χ3n) is 5.28. The average molecular weight is 374 g/mol. The van der Waals surface area contributed by atoms with Crippen molar-refractivity contribution in [3.8, 4) is 6.07 Å². The van der Waals surface area contributed by atoms with Crippen LogP contribution in [-0.2, 0) is 22.4 Å². The van der Waals surface area contributed by atoms with Crippen LogP contribution in [0.1, 0.15) is 22.9 Å². The topological polar surface area (TPSA) is 64.3 Å². The van der Waals surface area contributed by atoms with Gasteiger partial charge >= 0.3 is 0 Å². The second kappa shape index (κ2) is 6.34. The Morgan fingerprint density at radius 1 is 1.11 bits per heavy atom. The smallest absolute Gasteiger partial charge is 0.266 e. The van der Waals surface area contributed by atoms with Crippen molar-refractivity contribution in [2.75, 3.05) is 4.90 Å². The van der Waals surface area contributed by atoms with E-state index in [0.29, 0.717) is 22.7 Å². The minimum atomic E-state index is -1.95. The molecular weight excluding hydrogens is 356 g/mol. The number of hydrogen-bond acceptors (Lipinski definition) is 4. The number of hydrogen-bond donors (Lipinski definition) is 1. The van der Waals surface area contributed by atoms with Gasteiger partial charge in [-0.15, -0.1) is 11.3 Å². The molecule has 0 bridgehead atoms. The van der Waals surface area contributed by atoms with Gasteiger partial charge in [-0.05, 0) is 30.0 Å². The molecule has 2 aromatic carbocycles. The summed E-state index contributed by atoms with van der Waals surface area (Å²) in [7, 11) is 0. The number of benzene rings is 2. The highest BCUT2D eigenvalue weighted by atomic mass is 32.1. The molecule has 2 atom stereocenters. The molecule has 27 heavy (non-hydrogen) atoms. The van der Waals surface area contributed by atoms with Gasteiger partial charge in [-0.2, -0.15) is 5.26 Å². The van der Waals surface area contributed by atoms with E-state index < -0.39 is 16.9 Å². The summed E-state index contributed by atoms with van der Waals surface area (Å²) in [6.45, 7) is 1.98. The van der Waals surface area contributed by atoms with Gasteiger partial charge < -0.3 is 10.0 Å². The van der Waals surface area contributed by atoms with Gasteiger partial charge in [-0.25, -0.2) is 0 Å². The molecule has 3 aromatic rings. The Labute approximate surface area is 161 Å². The normalized spacial score (nSPS) is 20.8. The second-order valence-corrected chi connectivity index (χ2v) is 7.77. The Balaban J connectivity index is 1.87. The van der Waals surface area contributed by atoms with Crippen LogP contribution in [0.3, 0.4) is 0 Å². The van der Waals surface area contributed by atoms with E-state index in [1.807, 2.05) is 53.9 Å². The number of thiophene rings is 1. The zero-order chi connectivity index (χ0) is 19.1. The van der Waals surface area contributed by atoms with Crippen LogP contribution < -0.4 is 4.90 Å². The van der Waals surface area contributed by atoms with E-state index in [2.05, 4.69) is 6.07 Å². The molecule has 1 aromatic heterocycles. The van der Waals surface area contributed by atoms with Crippen molar-refractivity contribution in [3.05, 3.63) is 88.1 Å². The Kier molecular flexibility index (Phi) is 4.11. The number of anilines is 1. The van der Waals surface area contributed by atoms with E-state index in [1.165, 1.54) is 11.3 Å². The van der Waals surface area contributed by atoms with E-state index in [1.54, 1.807) is 30.0 Å². The Morgan fingerprint density at radius 3 is 2.48 bits per heavy atom. The van der Waals surface area contributed by atoms with E-state index in [4.69, 9.17) is 0 Å². The minimum Gasteiger partial charge on any atom is -0.374 e. The van der Waals surface area contributed by atoms with Crippen molar-refractivity contribution in [2.45, 2.75) is 24.5 Å². The predicted molar refractivity (Wildman–Crippen MR) is 105 cm³/mol. The van der Waals surface area contributed by atoms with Gasteiger partial charge in [0.1, 0.15) is 5.41 Å². The number of para-hydroxylation sites is 1. The fraction of sp³-hybridized carbons (Fsp3) is 0.182. The third-order valence-corrected chi connectivity index (χ3v) is 6.38. The van der Waals surface area contributed by atoms with Gasteiger partial charge in [0, 0.05) is 10.4 Å². The number of carbonyl (C=O) groups excluding carboxylic acids is 1. The van der Waals surface area contributed by atoms with Gasteiger partial charge in [0.15, 0.2) is 5.60 Å². The van der Waals surface area contributed by atoms with Crippen LogP contribution >= 0.6 is 11.3 Å². The van der Waals surface area contributed by atoms with Crippen molar-refractivity contribution in [1.82, 2.24) is 0 Å². The zero-order valence-electron chi connectivity index (χ0n) is 14.8. The Bertz CT molecular complexity index is 1030. The molecule has 0 radical (unpaired) electrons. The molecule has 4 rings (SSSR count). The second-order valence-electron chi connectivity index (χ2n) is 6.82. The van der Waals surface area contributed by atoms with Crippen LogP contribution in [-0.4, -0.2) is 11.0 Å². The van der Waals surface area contributed by atoms with Gasteiger partial charge in [0.2, 0.25) is 0 Å². The maximum atomic E-state index is 13.5. The fourth-order valence-electron chi connectivity index (χ4n) is 3.72. The highest BCUT2D eigenvalue weighted by molar-refractivity contribution is 7.10. The number of carbonyl (C=O) groups is 1. The molecule has 0 unspecified atom stereocenters. The SMILES string of the molecule is C[C@](C#N)(c1cccs1)[C@]1(O)C(=O)N(Cc2ccccc2)c2ccccc21. The lowest BCUT2D eigenvalue weighted by molar-refractivity contribution is -0.141. The molecule has 1 N–H and O–H groups in total. The molecule has 0 saturated carbocycles. The summed E-state index contributed by atoms with van der Waals surface area (Å²) in [6.07, 6.45) is 0. The van der Waals surface area contributed by atoms with Crippen molar-refractivity contribution in [3.63, 3.8) is 0 Å². The first-order chi connectivity index (χ1) is 13.0. The van der Waals surface area contributed by atoms with Crippen LogP contribution in [0.2, 0.25) is 0 Å². The van der Waals surface area contributed by atoms with Crippen LogP contribution in [0.15, 0.2) is 72.1 Å². The quantitative estimate of drug-likeness (QED) is 0.752. The number of amides is 1. The molecule has 0 saturated heterocycles. The van der Waals surface area contributed by atoms with E-state index in [9.17, 15) is 15.2 Å². The number of nitriles is 1. The van der Waals surface area contributed by atoms with Gasteiger partial charge in [-0.1, -0.05) is 54.6 Å². The van der Waals surface area contributed by atoms with E-state index >= 15 is 0 Å². The number of aliphatic hydroxyl groups is 1. The van der Waals surface area contributed by atoms with Crippen LogP contribution in [0.25, 0.3) is 0 Å². The van der Waals surface area contributed by atoms with E-state index in [0.717, 1.165) is 5.56 Å². The first-order valence-electron chi connectivity index (χ1n) is 8.65. The van der Waals surface area contributed by atoms with Crippen molar-refractivity contribution in [1.29, 1.82) is 5.26 Å². The fourth-order valence-corrected chi connectivity index (χ4v) is 4.61. The summed E-state index contributed by atoms with van der Waals surface area (Å²) in [5.74, 6) is -0.468. The molecule has 1 aliphatic heterocycles. The van der Waals surface area contributed by atoms with Crippen LogP contribution in [0, 0.1) is 11.3 Å². The molecule has 4 nitrogen and oxygen atoms in total. The first kappa shape index (κ1) is 17.5. The van der Waals surface area contributed by atoms with Gasteiger partial charge in [0.25, 0.3) is 5.91 Å². The van der Waals surface area contributed by atoms with E-state index in [-0.39, 0.29) is 0 Å². The highest BCUT2D eigenvalue weighted by Gasteiger charge is 2.62. The largest absolute Gasteiger partial charge is 0.374 e. The van der Waals surface area contributed by atoms with Crippen molar-refractivity contribution >= 4 is 22.9 Å². The Morgan fingerprint density at radius 2 is 1.81 bits per heavy atom. The summed E-state index contributed by atoms with van der Waals surface area (Å²) in [6, 6.07) is 22.7. The number of nitrogens with zero attached hydrogens (tertiary/aromatic N) is 2. The average Bonchev–Trinajstić information content (AvgIpc) is 3.32. The number of fused-ring (bicyclic) bond motifs is 1. The van der Waals surface area contributed by atoms with Crippen molar-refractivity contribution in [2.24, 2.45) is 0 Å². The van der Waals surface area contributed by atoms with Crippen molar-refractivity contribution < 1.29 is 9.90 Å². The molecule has 0 spiro atoms. The molecule has 134 valence electrons. The molecule has 1 amide bonds. The molecule has 0 aliphatic carbocycles. The highest BCUT2D eigenvalue weighted by Crippen LogP contribution is 2.52. The lowest BCUT2D eigenvalue weighted by Crippen LogP contribution is -2.53. The molecule has 0 fully saturated rings.